The number of carbonyl (C=O) groups is 1. The first-order valence-electron chi connectivity index (χ1n) is 7.77. The molecule has 1 aromatic rings. The highest BCUT2D eigenvalue weighted by atomic mass is 19.1. The number of carbonyl (C=O) groups excluding carboxylic acids is 1. The second-order valence-corrected chi connectivity index (χ2v) is 6.25. The summed E-state index contributed by atoms with van der Waals surface area (Å²) in [5.41, 5.74) is 0.599. The fourth-order valence-electron chi connectivity index (χ4n) is 2.06. The number of ether oxygens (including phenoxy) is 1. The Balaban J connectivity index is 2.25. The van der Waals surface area contributed by atoms with Gasteiger partial charge in [-0.05, 0) is 57.9 Å². The van der Waals surface area contributed by atoms with Crippen LogP contribution >= 0.6 is 0 Å². The number of hydrogen-bond acceptors (Lipinski definition) is 3. The van der Waals surface area contributed by atoms with Crippen LogP contribution in [0.15, 0.2) is 24.3 Å². The molecule has 0 aliphatic carbocycles. The number of nitrogens with one attached hydrogen (secondary N) is 2. The van der Waals surface area contributed by atoms with Gasteiger partial charge >= 0.3 is 6.09 Å². The van der Waals surface area contributed by atoms with Crippen molar-refractivity contribution in [2.75, 3.05) is 13.1 Å². The van der Waals surface area contributed by atoms with Crippen LogP contribution in [0.4, 0.5) is 9.18 Å². The third-order valence-corrected chi connectivity index (χ3v) is 3.09. The Morgan fingerprint density at radius 2 is 1.86 bits per heavy atom. The van der Waals surface area contributed by atoms with Crippen LogP contribution in [0.25, 0.3) is 0 Å². The molecule has 2 N–H and O–H groups in total. The van der Waals surface area contributed by atoms with Gasteiger partial charge in [-0.25, -0.2) is 9.18 Å². The standard InChI is InChI=1S/C17H27FN2O2/c1-5-15(13-7-9-14(18)10-8-13)19-11-6-12-20-16(21)22-17(2,3)4/h7-10,15,19H,5-6,11-12H2,1-4H3,(H,20,21). The van der Waals surface area contributed by atoms with Crippen molar-refractivity contribution in [3.63, 3.8) is 0 Å². The van der Waals surface area contributed by atoms with Gasteiger partial charge in [-0.2, -0.15) is 0 Å². The normalized spacial score (nSPS) is 12.8. The molecule has 0 saturated heterocycles. The summed E-state index contributed by atoms with van der Waals surface area (Å²) < 4.78 is 18.1. The van der Waals surface area contributed by atoms with Crippen LogP contribution in [0.1, 0.15) is 52.1 Å². The van der Waals surface area contributed by atoms with Crippen LogP contribution in [0.3, 0.4) is 0 Å². The highest BCUT2D eigenvalue weighted by molar-refractivity contribution is 5.67. The molecule has 0 spiro atoms. The number of benzene rings is 1. The second kappa shape index (κ2) is 8.73. The monoisotopic (exact) mass is 310 g/mol. The minimum Gasteiger partial charge on any atom is -0.444 e. The average Bonchev–Trinajstić information content (AvgIpc) is 2.42. The van der Waals surface area contributed by atoms with Gasteiger partial charge in [0.1, 0.15) is 11.4 Å². The number of halogens is 1. The van der Waals surface area contributed by atoms with Crippen LogP contribution in [0.2, 0.25) is 0 Å². The average molecular weight is 310 g/mol. The zero-order valence-electron chi connectivity index (χ0n) is 13.9. The quantitative estimate of drug-likeness (QED) is 0.754. The molecule has 0 aliphatic heterocycles. The van der Waals surface area contributed by atoms with E-state index in [4.69, 9.17) is 4.74 Å². The third kappa shape index (κ3) is 7.41. The van der Waals surface area contributed by atoms with Crippen LogP contribution in [0.5, 0.6) is 0 Å². The van der Waals surface area contributed by atoms with Gasteiger partial charge in [-0.15, -0.1) is 0 Å². The molecule has 1 atom stereocenters. The molecular formula is C17H27FN2O2. The lowest BCUT2D eigenvalue weighted by atomic mass is 10.0. The molecule has 0 aromatic heterocycles. The summed E-state index contributed by atoms with van der Waals surface area (Å²) in [6.07, 6.45) is 1.33. The summed E-state index contributed by atoms with van der Waals surface area (Å²) in [5, 5.41) is 6.14. The summed E-state index contributed by atoms with van der Waals surface area (Å²) >= 11 is 0. The van der Waals surface area contributed by atoms with Crippen LogP contribution < -0.4 is 10.6 Å². The lowest BCUT2D eigenvalue weighted by molar-refractivity contribution is 0.0527. The van der Waals surface area contributed by atoms with E-state index < -0.39 is 11.7 Å². The molecule has 1 amide bonds. The van der Waals surface area contributed by atoms with Crippen molar-refractivity contribution < 1.29 is 13.9 Å². The Labute approximate surface area is 132 Å². The van der Waals surface area contributed by atoms with Crippen molar-refractivity contribution in [3.8, 4) is 0 Å². The zero-order valence-corrected chi connectivity index (χ0v) is 13.9. The first kappa shape index (κ1) is 18.4. The molecule has 0 aliphatic rings. The fraction of sp³-hybridized carbons (Fsp3) is 0.588. The summed E-state index contributed by atoms with van der Waals surface area (Å²) in [4.78, 5) is 11.5. The van der Waals surface area contributed by atoms with Gasteiger partial charge in [-0.1, -0.05) is 19.1 Å². The molecule has 1 aromatic carbocycles. The highest BCUT2D eigenvalue weighted by Gasteiger charge is 2.15. The molecule has 5 heteroatoms. The molecule has 0 bridgehead atoms. The van der Waals surface area contributed by atoms with E-state index in [1.807, 2.05) is 20.8 Å². The Kier molecular flexibility index (Phi) is 7.32. The maximum atomic E-state index is 12.9. The predicted octanol–water partition coefficient (Wildman–Crippen LogP) is 3.78. The Morgan fingerprint density at radius 1 is 1.23 bits per heavy atom. The Bertz CT molecular complexity index is 455. The minimum atomic E-state index is -0.474. The van der Waals surface area contributed by atoms with Gasteiger partial charge in [0.05, 0.1) is 0 Å². The maximum Gasteiger partial charge on any atom is 0.407 e. The van der Waals surface area contributed by atoms with Crippen molar-refractivity contribution in [2.24, 2.45) is 0 Å². The summed E-state index contributed by atoms with van der Waals surface area (Å²) in [7, 11) is 0. The van der Waals surface area contributed by atoms with E-state index >= 15 is 0 Å². The molecule has 4 nitrogen and oxygen atoms in total. The molecule has 0 heterocycles. The molecule has 0 fully saturated rings. The smallest absolute Gasteiger partial charge is 0.407 e. The Morgan fingerprint density at radius 3 is 2.41 bits per heavy atom. The first-order chi connectivity index (χ1) is 10.3. The van der Waals surface area contributed by atoms with E-state index in [0.29, 0.717) is 6.54 Å². The van der Waals surface area contributed by atoms with Crippen molar-refractivity contribution in [1.82, 2.24) is 10.6 Å². The summed E-state index contributed by atoms with van der Waals surface area (Å²) in [6.45, 7) is 8.92. The molecule has 22 heavy (non-hydrogen) atoms. The number of rotatable bonds is 7. The first-order valence-corrected chi connectivity index (χ1v) is 7.77. The van der Waals surface area contributed by atoms with Crippen molar-refractivity contribution >= 4 is 6.09 Å². The van der Waals surface area contributed by atoms with E-state index in [2.05, 4.69) is 17.6 Å². The van der Waals surface area contributed by atoms with E-state index in [1.54, 1.807) is 12.1 Å². The van der Waals surface area contributed by atoms with Gasteiger partial charge in [0.15, 0.2) is 0 Å². The van der Waals surface area contributed by atoms with Gasteiger partial charge < -0.3 is 15.4 Å². The van der Waals surface area contributed by atoms with Gasteiger partial charge in [-0.3, -0.25) is 0 Å². The van der Waals surface area contributed by atoms with E-state index in [0.717, 1.165) is 24.9 Å². The molecule has 124 valence electrons. The van der Waals surface area contributed by atoms with Crippen molar-refractivity contribution in [3.05, 3.63) is 35.6 Å². The number of hydrogen-bond donors (Lipinski definition) is 2. The zero-order chi connectivity index (χ0) is 16.6. The fourth-order valence-corrected chi connectivity index (χ4v) is 2.06. The van der Waals surface area contributed by atoms with E-state index in [9.17, 15) is 9.18 Å². The molecule has 1 rings (SSSR count). The van der Waals surface area contributed by atoms with Crippen LogP contribution in [-0.2, 0) is 4.74 Å². The lowest BCUT2D eigenvalue weighted by Gasteiger charge is -2.20. The summed E-state index contributed by atoms with van der Waals surface area (Å²) in [6, 6.07) is 6.75. The predicted molar refractivity (Wildman–Crippen MR) is 86.3 cm³/mol. The second-order valence-electron chi connectivity index (χ2n) is 6.25. The topological polar surface area (TPSA) is 50.4 Å². The van der Waals surface area contributed by atoms with Crippen molar-refractivity contribution in [1.29, 1.82) is 0 Å². The van der Waals surface area contributed by atoms with Gasteiger partial charge in [0.2, 0.25) is 0 Å². The lowest BCUT2D eigenvalue weighted by Crippen LogP contribution is -2.34. The molecule has 0 radical (unpaired) electrons. The largest absolute Gasteiger partial charge is 0.444 e. The van der Waals surface area contributed by atoms with Gasteiger partial charge in [0, 0.05) is 12.6 Å². The molecule has 0 saturated carbocycles. The Hall–Kier alpha value is -1.62. The van der Waals surface area contributed by atoms with Crippen LogP contribution in [-0.4, -0.2) is 24.8 Å². The summed E-state index contributed by atoms with van der Waals surface area (Å²) in [5.74, 6) is -0.222. The molecule has 1 unspecified atom stereocenters. The minimum absolute atomic E-state index is 0.196. The van der Waals surface area contributed by atoms with Gasteiger partial charge in [0.25, 0.3) is 0 Å². The number of amides is 1. The molecular weight excluding hydrogens is 283 g/mol. The van der Waals surface area contributed by atoms with Crippen molar-refractivity contribution in [2.45, 2.75) is 52.2 Å². The van der Waals surface area contributed by atoms with Crippen LogP contribution in [0, 0.1) is 5.82 Å². The SMILES string of the molecule is CCC(NCCCNC(=O)OC(C)(C)C)c1ccc(F)cc1. The van der Waals surface area contributed by atoms with E-state index in [1.165, 1.54) is 12.1 Å². The van der Waals surface area contributed by atoms with E-state index in [-0.39, 0.29) is 11.9 Å². The number of alkyl carbamates (subject to hydrolysis) is 1. The third-order valence-electron chi connectivity index (χ3n) is 3.09. The maximum absolute atomic E-state index is 12.9. The highest BCUT2D eigenvalue weighted by Crippen LogP contribution is 2.16.